The maximum absolute atomic E-state index is 5.52. The summed E-state index contributed by atoms with van der Waals surface area (Å²) in [5.74, 6) is 0. The van der Waals surface area contributed by atoms with E-state index in [0.29, 0.717) is 9.98 Å². The molecule has 3 heteroatoms. The average Bonchev–Trinajstić information content (AvgIpc) is 1.77. The summed E-state index contributed by atoms with van der Waals surface area (Å²) in [6.07, 6.45) is 4.63. The van der Waals surface area contributed by atoms with Crippen LogP contribution < -0.4 is 0 Å². The van der Waals surface area contributed by atoms with Gasteiger partial charge < -0.3 is 0 Å². The molecule has 0 radical (unpaired) electrons. The smallest absolute Gasteiger partial charge is 0.124 e. The predicted octanol–water partition coefficient (Wildman–Crippen LogP) is 2.30. The van der Waals surface area contributed by atoms with E-state index in [1.165, 1.54) is 0 Å². The first-order valence-corrected chi connectivity index (χ1v) is 3.62. The Kier molecular flexibility index (Phi) is 2.08. The summed E-state index contributed by atoms with van der Waals surface area (Å²) >= 11 is 8.89. The Morgan fingerprint density at radius 1 is 1.88 bits per heavy atom. The van der Waals surface area contributed by atoms with Crippen LogP contribution >= 0.6 is 27.5 Å². The summed E-state index contributed by atoms with van der Waals surface area (Å²) < 4.78 is 0. The third-order valence-corrected chi connectivity index (χ3v) is 1.73. The van der Waals surface area contributed by atoms with Gasteiger partial charge >= 0.3 is 0 Å². The second kappa shape index (κ2) is 2.65. The minimum Gasteiger partial charge on any atom is -0.248 e. The Labute approximate surface area is 61.6 Å². The van der Waals surface area contributed by atoms with E-state index in [1.54, 1.807) is 6.21 Å². The van der Waals surface area contributed by atoms with Gasteiger partial charge in [-0.2, -0.15) is 0 Å². The van der Waals surface area contributed by atoms with Gasteiger partial charge in [0.05, 0.1) is 4.83 Å². The molecular formula is C5H5BrClN. The molecular weight excluding hydrogens is 189 g/mol. The van der Waals surface area contributed by atoms with E-state index in [0.717, 1.165) is 6.42 Å². The van der Waals surface area contributed by atoms with Crippen LogP contribution in [0.5, 0.6) is 0 Å². The lowest BCUT2D eigenvalue weighted by Crippen LogP contribution is -2.00. The molecule has 8 heavy (non-hydrogen) atoms. The van der Waals surface area contributed by atoms with Gasteiger partial charge in [0, 0.05) is 6.21 Å². The van der Waals surface area contributed by atoms with Gasteiger partial charge in [-0.3, -0.25) is 0 Å². The highest BCUT2D eigenvalue weighted by atomic mass is 79.9. The Morgan fingerprint density at radius 3 is 3.00 bits per heavy atom. The lowest BCUT2D eigenvalue weighted by molar-refractivity contribution is 1.11. The Hall–Kier alpha value is 0.180. The third-order valence-electron chi connectivity index (χ3n) is 0.871. The van der Waals surface area contributed by atoms with Crippen molar-refractivity contribution in [2.24, 2.45) is 4.99 Å². The molecule has 44 valence electrons. The van der Waals surface area contributed by atoms with Crippen LogP contribution in [0.15, 0.2) is 16.2 Å². The molecule has 0 bridgehead atoms. The van der Waals surface area contributed by atoms with Gasteiger partial charge in [-0.15, -0.1) is 0 Å². The van der Waals surface area contributed by atoms with Crippen LogP contribution in [0.4, 0.5) is 0 Å². The van der Waals surface area contributed by atoms with Gasteiger partial charge in [0.25, 0.3) is 0 Å². The topological polar surface area (TPSA) is 12.4 Å². The molecule has 0 saturated heterocycles. The van der Waals surface area contributed by atoms with E-state index in [-0.39, 0.29) is 0 Å². The largest absolute Gasteiger partial charge is 0.248 e. The van der Waals surface area contributed by atoms with Crippen LogP contribution in [-0.2, 0) is 0 Å². The number of allylic oxidation sites excluding steroid dienone is 1. The zero-order chi connectivity index (χ0) is 5.98. The fourth-order valence-electron chi connectivity index (χ4n) is 0.475. The molecule has 0 fully saturated rings. The van der Waals surface area contributed by atoms with Crippen LogP contribution in [-0.4, -0.2) is 11.0 Å². The van der Waals surface area contributed by atoms with Gasteiger partial charge in [-0.25, -0.2) is 4.99 Å². The zero-order valence-electron chi connectivity index (χ0n) is 4.14. The summed E-state index contributed by atoms with van der Waals surface area (Å²) in [5, 5.41) is 0.598. The average molecular weight is 194 g/mol. The van der Waals surface area contributed by atoms with Gasteiger partial charge in [-0.1, -0.05) is 27.5 Å². The molecule has 0 saturated carbocycles. The Bertz CT molecular complexity index is 141. The highest BCUT2D eigenvalue weighted by Gasteiger charge is 2.02. The lowest BCUT2D eigenvalue weighted by atomic mass is 10.3. The van der Waals surface area contributed by atoms with Crippen molar-refractivity contribution in [1.82, 2.24) is 0 Å². The fraction of sp³-hybridized carbons (Fsp3) is 0.400. The predicted molar refractivity (Wildman–Crippen MR) is 39.8 cm³/mol. The third kappa shape index (κ3) is 1.60. The Balaban J connectivity index is 2.58. The minimum absolute atomic E-state index is 0.380. The first-order chi connectivity index (χ1) is 3.79. The molecule has 1 rings (SSSR count). The second-order valence-electron chi connectivity index (χ2n) is 1.56. The van der Waals surface area contributed by atoms with Crippen molar-refractivity contribution in [2.75, 3.05) is 0 Å². The van der Waals surface area contributed by atoms with Crippen molar-refractivity contribution in [2.45, 2.75) is 11.2 Å². The van der Waals surface area contributed by atoms with Gasteiger partial charge in [0.2, 0.25) is 0 Å². The van der Waals surface area contributed by atoms with Gasteiger partial charge in [0.15, 0.2) is 0 Å². The number of halogens is 2. The molecule has 0 amide bonds. The summed E-state index contributed by atoms with van der Waals surface area (Å²) in [5.41, 5.74) is 0. The summed E-state index contributed by atoms with van der Waals surface area (Å²) in [6, 6.07) is 0. The van der Waals surface area contributed by atoms with Crippen molar-refractivity contribution in [1.29, 1.82) is 0 Å². The summed E-state index contributed by atoms with van der Waals surface area (Å²) in [7, 11) is 0. The second-order valence-corrected chi connectivity index (χ2v) is 3.12. The van der Waals surface area contributed by atoms with Crippen LogP contribution in [0.2, 0.25) is 0 Å². The van der Waals surface area contributed by atoms with E-state index >= 15 is 0 Å². The van der Waals surface area contributed by atoms with E-state index < -0.39 is 0 Å². The number of aliphatic imine (C=N–C) groups is 1. The number of hydrogen-bond donors (Lipinski definition) is 0. The SMILES string of the molecule is ClC1=CC[C@@H](Br)C=N1. The number of nitrogens with zero attached hydrogens (tertiary/aromatic N) is 1. The minimum atomic E-state index is 0.380. The van der Waals surface area contributed by atoms with Crippen molar-refractivity contribution in [3.05, 3.63) is 11.2 Å². The number of hydrogen-bond acceptors (Lipinski definition) is 1. The highest BCUT2D eigenvalue weighted by Crippen LogP contribution is 2.14. The molecule has 0 aromatic carbocycles. The van der Waals surface area contributed by atoms with Gasteiger partial charge in [0.1, 0.15) is 5.16 Å². The molecule has 1 nitrogen and oxygen atoms in total. The molecule has 1 aliphatic heterocycles. The molecule has 0 aliphatic carbocycles. The first kappa shape index (κ1) is 6.30. The van der Waals surface area contributed by atoms with Crippen molar-refractivity contribution in [3.8, 4) is 0 Å². The quantitative estimate of drug-likeness (QED) is 0.414. The number of rotatable bonds is 0. The maximum Gasteiger partial charge on any atom is 0.124 e. The van der Waals surface area contributed by atoms with E-state index in [9.17, 15) is 0 Å². The molecule has 1 atom stereocenters. The summed E-state index contributed by atoms with van der Waals surface area (Å²) in [4.78, 5) is 4.25. The van der Waals surface area contributed by atoms with Crippen molar-refractivity contribution in [3.63, 3.8) is 0 Å². The lowest BCUT2D eigenvalue weighted by Gasteiger charge is -2.02. The van der Waals surface area contributed by atoms with E-state index in [4.69, 9.17) is 11.6 Å². The molecule has 0 spiro atoms. The molecule has 0 aromatic heterocycles. The van der Waals surface area contributed by atoms with Crippen molar-refractivity contribution < 1.29 is 0 Å². The molecule has 0 N–H and O–H groups in total. The first-order valence-electron chi connectivity index (χ1n) is 2.33. The molecule has 1 heterocycles. The van der Waals surface area contributed by atoms with Crippen molar-refractivity contribution >= 4 is 33.7 Å². The molecule has 0 unspecified atom stereocenters. The van der Waals surface area contributed by atoms with Gasteiger partial charge in [-0.05, 0) is 12.5 Å². The van der Waals surface area contributed by atoms with E-state index in [1.807, 2.05) is 6.08 Å². The standard InChI is InChI=1S/C5H5BrClN/c6-4-1-2-5(7)8-3-4/h2-4H,1H2/t4-/m1/s1. The monoisotopic (exact) mass is 193 g/mol. The van der Waals surface area contributed by atoms with Crippen LogP contribution in [0.3, 0.4) is 0 Å². The van der Waals surface area contributed by atoms with E-state index in [2.05, 4.69) is 20.9 Å². The molecule has 0 aromatic rings. The normalized spacial score (nSPS) is 27.8. The van der Waals surface area contributed by atoms with Crippen LogP contribution in [0, 0.1) is 0 Å². The highest BCUT2D eigenvalue weighted by molar-refractivity contribution is 9.09. The summed E-state index contributed by atoms with van der Waals surface area (Å²) in [6.45, 7) is 0. The fourth-order valence-corrected chi connectivity index (χ4v) is 0.926. The zero-order valence-corrected chi connectivity index (χ0v) is 6.48. The molecule has 1 aliphatic rings. The van der Waals surface area contributed by atoms with Crippen LogP contribution in [0.1, 0.15) is 6.42 Å². The number of alkyl halides is 1. The van der Waals surface area contributed by atoms with Crippen LogP contribution in [0.25, 0.3) is 0 Å². The Morgan fingerprint density at radius 2 is 2.62 bits per heavy atom. The maximum atomic E-state index is 5.52.